The minimum atomic E-state index is -0.522. The van der Waals surface area contributed by atoms with Crippen LogP contribution in [-0.2, 0) is 15.1 Å². The molecular formula is C21H24FNO4S. The smallest absolute Gasteiger partial charge is 0.129 e. The first-order valence-corrected chi connectivity index (χ1v) is 9.82. The van der Waals surface area contributed by atoms with E-state index in [4.69, 9.17) is 19.4 Å². The van der Waals surface area contributed by atoms with Gasteiger partial charge in [0.15, 0.2) is 0 Å². The number of halogens is 1. The standard InChI is InChI=1S/C21H24FNO4S/c1-14(23-24)19-5-4-17(13-20(19)25-2)28-18-11-15(10-16(22)12-18)21(26-3)6-8-27-9-7-21/h4-5,10-13,24H,6-9H2,1-3H3. The average Bonchev–Trinajstić information content (AvgIpc) is 2.73. The van der Waals surface area contributed by atoms with Crippen LogP contribution in [0, 0.1) is 5.82 Å². The van der Waals surface area contributed by atoms with Crippen LogP contribution in [0.3, 0.4) is 0 Å². The number of methoxy groups -OCH3 is 2. The molecule has 1 aliphatic heterocycles. The Morgan fingerprint density at radius 3 is 2.54 bits per heavy atom. The fraction of sp³-hybridized carbons (Fsp3) is 0.381. The van der Waals surface area contributed by atoms with Gasteiger partial charge in [-0.05, 0) is 48.9 Å². The van der Waals surface area contributed by atoms with Crippen molar-refractivity contribution >= 4 is 17.5 Å². The monoisotopic (exact) mass is 405 g/mol. The predicted octanol–water partition coefficient (Wildman–Crippen LogP) is 4.84. The Kier molecular flexibility index (Phi) is 6.59. The van der Waals surface area contributed by atoms with Crippen molar-refractivity contribution in [2.45, 2.75) is 35.2 Å². The highest BCUT2D eigenvalue weighted by atomic mass is 32.2. The summed E-state index contributed by atoms with van der Waals surface area (Å²) in [5, 5.41) is 12.2. The van der Waals surface area contributed by atoms with Gasteiger partial charge >= 0.3 is 0 Å². The van der Waals surface area contributed by atoms with Gasteiger partial charge in [0.2, 0.25) is 0 Å². The van der Waals surface area contributed by atoms with Crippen molar-refractivity contribution in [2.75, 3.05) is 27.4 Å². The van der Waals surface area contributed by atoms with Gasteiger partial charge in [-0.3, -0.25) is 0 Å². The van der Waals surface area contributed by atoms with Crippen molar-refractivity contribution in [3.63, 3.8) is 0 Å². The molecule has 7 heteroatoms. The number of ether oxygens (including phenoxy) is 3. The van der Waals surface area contributed by atoms with E-state index in [0.717, 1.165) is 15.4 Å². The summed E-state index contributed by atoms with van der Waals surface area (Å²) in [5.74, 6) is 0.296. The number of hydrogen-bond acceptors (Lipinski definition) is 6. The molecule has 1 heterocycles. The van der Waals surface area contributed by atoms with Crippen LogP contribution in [0.4, 0.5) is 4.39 Å². The predicted molar refractivity (Wildman–Crippen MR) is 106 cm³/mol. The molecule has 0 spiro atoms. The Balaban J connectivity index is 1.92. The second-order valence-electron chi connectivity index (χ2n) is 6.64. The van der Waals surface area contributed by atoms with Crippen molar-refractivity contribution in [3.8, 4) is 5.75 Å². The Bertz CT molecular complexity index is 865. The molecule has 0 aromatic heterocycles. The van der Waals surface area contributed by atoms with E-state index in [0.29, 0.717) is 43.1 Å². The molecule has 28 heavy (non-hydrogen) atoms. The summed E-state index contributed by atoms with van der Waals surface area (Å²) in [5.41, 5.74) is 1.47. The molecule has 1 aliphatic rings. The molecule has 0 aliphatic carbocycles. The lowest BCUT2D eigenvalue weighted by atomic mass is 9.86. The summed E-state index contributed by atoms with van der Waals surface area (Å²) in [4.78, 5) is 1.67. The maximum absolute atomic E-state index is 14.4. The first-order valence-electron chi connectivity index (χ1n) is 9.00. The maximum atomic E-state index is 14.4. The molecule has 1 saturated heterocycles. The normalized spacial score (nSPS) is 16.8. The van der Waals surface area contributed by atoms with E-state index in [9.17, 15) is 4.39 Å². The van der Waals surface area contributed by atoms with Gasteiger partial charge in [-0.2, -0.15) is 0 Å². The zero-order valence-electron chi connectivity index (χ0n) is 16.2. The number of hydrogen-bond donors (Lipinski definition) is 1. The van der Waals surface area contributed by atoms with E-state index in [1.165, 1.54) is 17.8 Å². The Morgan fingerprint density at radius 1 is 1.14 bits per heavy atom. The van der Waals surface area contributed by atoms with Gasteiger partial charge < -0.3 is 19.4 Å². The minimum absolute atomic E-state index is 0.297. The first-order chi connectivity index (χ1) is 13.5. The van der Waals surface area contributed by atoms with Gasteiger partial charge in [0.1, 0.15) is 11.6 Å². The molecule has 0 saturated carbocycles. The van der Waals surface area contributed by atoms with Crippen molar-refractivity contribution in [2.24, 2.45) is 5.16 Å². The summed E-state index contributed by atoms with van der Waals surface area (Å²) in [6.45, 7) is 2.89. The van der Waals surface area contributed by atoms with Crippen LogP contribution in [0.1, 0.15) is 30.9 Å². The topological polar surface area (TPSA) is 60.3 Å². The van der Waals surface area contributed by atoms with E-state index in [2.05, 4.69) is 5.16 Å². The van der Waals surface area contributed by atoms with Crippen molar-refractivity contribution in [3.05, 3.63) is 53.3 Å². The molecule has 0 atom stereocenters. The third kappa shape index (κ3) is 4.32. The van der Waals surface area contributed by atoms with Crippen LogP contribution in [0.15, 0.2) is 51.3 Å². The van der Waals surface area contributed by atoms with E-state index >= 15 is 0 Å². The van der Waals surface area contributed by atoms with E-state index in [1.54, 1.807) is 27.2 Å². The van der Waals surface area contributed by atoms with Crippen molar-refractivity contribution < 1.29 is 23.8 Å². The molecule has 0 amide bonds. The molecule has 150 valence electrons. The Labute approximate surface area is 168 Å². The zero-order valence-corrected chi connectivity index (χ0v) is 17.0. The summed E-state index contributed by atoms with van der Waals surface area (Å²) < 4.78 is 31.0. The molecule has 5 nitrogen and oxygen atoms in total. The number of nitrogens with zero attached hydrogens (tertiary/aromatic N) is 1. The second kappa shape index (κ2) is 8.94. The highest BCUT2D eigenvalue weighted by Crippen LogP contribution is 2.39. The fourth-order valence-electron chi connectivity index (χ4n) is 3.42. The summed E-state index contributed by atoms with van der Waals surface area (Å²) in [7, 11) is 3.23. The first kappa shape index (κ1) is 20.6. The molecule has 3 rings (SSSR count). The van der Waals surface area contributed by atoms with Gasteiger partial charge in [-0.25, -0.2) is 4.39 Å². The fourth-order valence-corrected chi connectivity index (χ4v) is 4.35. The van der Waals surface area contributed by atoms with E-state index in [1.807, 2.05) is 24.3 Å². The van der Waals surface area contributed by atoms with Gasteiger partial charge in [0.05, 0.1) is 18.4 Å². The molecule has 0 unspecified atom stereocenters. The number of oxime groups is 1. The van der Waals surface area contributed by atoms with Gasteiger partial charge in [0, 0.05) is 48.5 Å². The molecular weight excluding hydrogens is 381 g/mol. The average molecular weight is 405 g/mol. The largest absolute Gasteiger partial charge is 0.496 e. The van der Waals surface area contributed by atoms with Crippen LogP contribution in [0.5, 0.6) is 5.75 Å². The molecule has 1 fully saturated rings. The van der Waals surface area contributed by atoms with E-state index < -0.39 is 5.60 Å². The highest BCUT2D eigenvalue weighted by molar-refractivity contribution is 7.99. The number of rotatable bonds is 6. The second-order valence-corrected chi connectivity index (χ2v) is 7.78. The Morgan fingerprint density at radius 2 is 1.89 bits per heavy atom. The quantitative estimate of drug-likeness (QED) is 0.424. The van der Waals surface area contributed by atoms with Crippen LogP contribution in [-0.4, -0.2) is 38.4 Å². The lowest BCUT2D eigenvalue weighted by Crippen LogP contribution is -2.35. The molecule has 2 aromatic rings. The lowest BCUT2D eigenvalue weighted by Gasteiger charge is -2.36. The molecule has 2 aromatic carbocycles. The highest BCUT2D eigenvalue weighted by Gasteiger charge is 2.35. The van der Waals surface area contributed by atoms with Crippen LogP contribution >= 0.6 is 11.8 Å². The summed E-state index contributed by atoms with van der Waals surface area (Å²) in [6.07, 6.45) is 1.39. The van der Waals surface area contributed by atoms with Crippen molar-refractivity contribution in [1.29, 1.82) is 0 Å². The lowest BCUT2D eigenvalue weighted by molar-refractivity contribution is -0.0950. The minimum Gasteiger partial charge on any atom is -0.496 e. The van der Waals surface area contributed by atoms with Crippen LogP contribution in [0.2, 0.25) is 0 Å². The Hall–Kier alpha value is -2.09. The SMILES string of the molecule is COc1cc(Sc2cc(F)cc(C3(OC)CCOCC3)c2)ccc1C(C)=NO. The third-order valence-corrected chi connectivity index (χ3v) is 6.00. The third-order valence-electron chi connectivity index (χ3n) is 5.04. The number of benzene rings is 2. The zero-order chi connectivity index (χ0) is 20.1. The van der Waals surface area contributed by atoms with Crippen LogP contribution < -0.4 is 4.74 Å². The van der Waals surface area contributed by atoms with Gasteiger partial charge in [-0.1, -0.05) is 16.9 Å². The molecule has 0 bridgehead atoms. The van der Waals surface area contributed by atoms with Gasteiger partial charge in [-0.15, -0.1) is 0 Å². The van der Waals surface area contributed by atoms with Crippen molar-refractivity contribution in [1.82, 2.24) is 0 Å². The molecule has 1 N–H and O–H groups in total. The maximum Gasteiger partial charge on any atom is 0.129 e. The summed E-state index contributed by atoms with van der Waals surface area (Å²) in [6, 6.07) is 10.6. The van der Waals surface area contributed by atoms with Gasteiger partial charge in [0.25, 0.3) is 0 Å². The van der Waals surface area contributed by atoms with Crippen LogP contribution in [0.25, 0.3) is 0 Å². The summed E-state index contributed by atoms with van der Waals surface area (Å²) >= 11 is 1.44. The van der Waals surface area contributed by atoms with E-state index in [-0.39, 0.29) is 5.82 Å². The molecule has 0 radical (unpaired) electrons.